The van der Waals surface area contributed by atoms with Crippen molar-refractivity contribution in [3.05, 3.63) is 22.5 Å². The first-order chi connectivity index (χ1) is 10.3. The highest BCUT2D eigenvalue weighted by molar-refractivity contribution is 5.28. The molecule has 0 aromatic carbocycles. The highest BCUT2D eigenvalue weighted by atomic mass is 19.1. The SMILES string of the molecule is CC#CC1(F)C(O)C(C)OC1n1cc(F)c(N)nc1=O.CO. The lowest BCUT2D eigenvalue weighted by Gasteiger charge is -2.24. The van der Waals surface area contributed by atoms with Crippen molar-refractivity contribution in [2.45, 2.75) is 38.0 Å². The zero-order valence-corrected chi connectivity index (χ0v) is 12.2. The molecule has 1 saturated heterocycles. The zero-order valence-electron chi connectivity index (χ0n) is 12.2. The summed E-state index contributed by atoms with van der Waals surface area (Å²) in [7, 11) is 1.00. The van der Waals surface area contributed by atoms with Gasteiger partial charge in [0.1, 0.15) is 6.10 Å². The molecule has 0 amide bonds. The van der Waals surface area contributed by atoms with Gasteiger partial charge in [0.2, 0.25) is 5.67 Å². The van der Waals surface area contributed by atoms with Crippen molar-refractivity contribution in [2.75, 3.05) is 12.8 Å². The second-order valence-electron chi connectivity index (χ2n) is 4.45. The van der Waals surface area contributed by atoms with Crippen LogP contribution in [0, 0.1) is 17.7 Å². The summed E-state index contributed by atoms with van der Waals surface area (Å²) in [5.41, 5.74) is 1.63. The predicted molar refractivity (Wildman–Crippen MR) is 73.9 cm³/mol. The number of nitrogen functional groups attached to an aromatic ring is 1. The quantitative estimate of drug-likeness (QED) is 0.607. The minimum atomic E-state index is -2.54. The molecule has 1 fully saturated rings. The van der Waals surface area contributed by atoms with Gasteiger partial charge in [0, 0.05) is 7.11 Å². The maximum absolute atomic E-state index is 14.8. The second-order valence-corrected chi connectivity index (χ2v) is 4.45. The van der Waals surface area contributed by atoms with E-state index >= 15 is 0 Å². The van der Waals surface area contributed by atoms with Gasteiger partial charge in [-0.05, 0) is 13.8 Å². The van der Waals surface area contributed by atoms with Gasteiger partial charge in [-0.25, -0.2) is 13.6 Å². The predicted octanol–water partition coefficient (Wildman–Crippen LogP) is -0.417. The van der Waals surface area contributed by atoms with Crippen LogP contribution in [0.3, 0.4) is 0 Å². The van der Waals surface area contributed by atoms with Gasteiger partial charge in [0.25, 0.3) is 0 Å². The Hall–Kier alpha value is -2.02. The largest absolute Gasteiger partial charge is 0.400 e. The lowest BCUT2D eigenvalue weighted by Crippen LogP contribution is -2.43. The van der Waals surface area contributed by atoms with Crippen LogP contribution < -0.4 is 11.4 Å². The Bertz CT molecular complexity index is 655. The van der Waals surface area contributed by atoms with Crippen molar-refractivity contribution in [1.82, 2.24) is 9.55 Å². The van der Waals surface area contributed by atoms with Gasteiger partial charge in [0.15, 0.2) is 17.9 Å². The fourth-order valence-electron chi connectivity index (χ4n) is 2.09. The van der Waals surface area contributed by atoms with E-state index in [-0.39, 0.29) is 0 Å². The van der Waals surface area contributed by atoms with Crippen LogP contribution in [0.2, 0.25) is 0 Å². The van der Waals surface area contributed by atoms with Crippen LogP contribution in [0.15, 0.2) is 11.0 Å². The van der Waals surface area contributed by atoms with Gasteiger partial charge < -0.3 is 20.7 Å². The molecule has 9 heteroatoms. The Kier molecular flexibility index (Phi) is 5.59. The number of anilines is 1. The molecule has 0 spiro atoms. The third-order valence-electron chi connectivity index (χ3n) is 3.08. The maximum Gasteiger partial charge on any atom is 0.351 e. The highest BCUT2D eigenvalue weighted by Crippen LogP contribution is 2.40. The summed E-state index contributed by atoms with van der Waals surface area (Å²) >= 11 is 0. The number of halogens is 2. The summed E-state index contributed by atoms with van der Waals surface area (Å²) in [4.78, 5) is 14.9. The van der Waals surface area contributed by atoms with Crippen LogP contribution >= 0.6 is 0 Å². The van der Waals surface area contributed by atoms with Gasteiger partial charge in [-0.2, -0.15) is 4.98 Å². The average molecular weight is 317 g/mol. The average Bonchev–Trinajstić information content (AvgIpc) is 2.70. The van der Waals surface area contributed by atoms with Crippen molar-refractivity contribution in [1.29, 1.82) is 0 Å². The lowest BCUT2D eigenvalue weighted by molar-refractivity contribution is -0.0328. The van der Waals surface area contributed by atoms with Crippen LogP contribution in [-0.2, 0) is 4.74 Å². The molecule has 1 aromatic rings. The first kappa shape index (κ1) is 18.0. The number of ether oxygens (including phenoxy) is 1. The molecule has 1 aromatic heterocycles. The normalized spacial score (nSPS) is 30.0. The third kappa shape index (κ3) is 2.94. The van der Waals surface area contributed by atoms with E-state index in [1.165, 1.54) is 13.8 Å². The van der Waals surface area contributed by atoms with Gasteiger partial charge in [-0.1, -0.05) is 5.92 Å². The number of rotatable bonds is 1. The second kappa shape index (κ2) is 6.83. The number of aliphatic hydroxyl groups excluding tert-OH is 2. The fourth-order valence-corrected chi connectivity index (χ4v) is 2.09. The van der Waals surface area contributed by atoms with E-state index in [0.29, 0.717) is 10.8 Å². The molecule has 4 N–H and O–H groups in total. The highest BCUT2D eigenvalue weighted by Gasteiger charge is 2.56. The van der Waals surface area contributed by atoms with E-state index in [2.05, 4.69) is 16.8 Å². The van der Waals surface area contributed by atoms with Gasteiger partial charge in [-0.15, -0.1) is 5.92 Å². The molecule has 1 aliphatic rings. The first-order valence-electron chi connectivity index (χ1n) is 6.26. The molecule has 2 rings (SSSR count). The number of nitrogens with two attached hydrogens (primary N) is 1. The van der Waals surface area contributed by atoms with Crippen molar-refractivity contribution in [3.8, 4) is 11.8 Å². The van der Waals surface area contributed by atoms with Crippen molar-refractivity contribution in [3.63, 3.8) is 0 Å². The summed E-state index contributed by atoms with van der Waals surface area (Å²) in [6, 6.07) is 0. The van der Waals surface area contributed by atoms with Crippen molar-refractivity contribution in [2.24, 2.45) is 0 Å². The maximum atomic E-state index is 14.8. The molecule has 0 radical (unpaired) electrons. The first-order valence-corrected chi connectivity index (χ1v) is 6.26. The molecule has 4 unspecified atom stereocenters. The van der Waals surface area contributed by atoms with Gasteiger partial charge >= 0.3 is 5.69 Å². The number of nitrogens with zero attached hydrogens (tertiary/aromatic N) is 2. The molecular formula is C13H17F2N3O4. The molecule has 122 valence electrons. The Balaban J connectivity index is 0.00000116. The number of aliphatic hydroxyl groups is 2. The van der Waals surface area contributed by atoms with Crippen LogP contribution in [0.25, 0.3) is 0 Å². The Morgan fingerprint density at radius 2 is 2.14 bits per heavy atom. The van der Waals surface area contributed by atoms with E-state index in [4.69, 9.17) is 15.6 Å². The summed E-state index contributed by atoms with van der Waals surface area (Å²) in [5.74, 6) is 2.92. The van der Waals surface area contributed by atoms with Crippen LogP contribution in [0.1, 0.15) is 20.1 Å². The molecule has 0 bridgehead atoms. The number of hydrogen-bond acceptors (Lipinski definition) is 6. The topological polar surface area (TPSA) is 111 Å². The number of aromatic nitrogens is 2. The molecule has 0 saturated carbocycles. The molecule has 1 aliphatic heterocycles. The zero-order chi connectivity index (χ0) is 17.1. The third-order valence-corrected chi connectivity index (χ3v) is 3.08. The minimum absolute atomic E-state index is 0.594. The van der Waals surface area contributed by atoms with E-state index in [1.807, 2.05) is 0 Å². The van der Waals surface area contributed by atoms with Crippen LogP contribution in [-0.4, -0.2) is 44.8 Å². The van der Waals surface area contributed by atoms with E-state index in [0.717, 1.165) is 7.11 Å². The Morgan fingerprint density at radius 1 is 1.55 bits per heavy atom. The molecule has 22 heavy (non-hydrogen) atoms. The molecule has 4 atom stereocenters. The molecule has 2 heterocycles. The summed E-state index contributed by atoms with van der Waals surface area (Å²) < 4.78 is 34.0. The minimum Gasteiger partial charge on any atom is -0.400 e. The van der Waals surface area contributed by atoms with E-state index in [9.17, 15) is 18.7 Å². The van der Waals surface area contributed by atoms with E-state index < -0.39 is 41.4 Å². The Morgan fingerprint density at radius 3 is 2.68 bits per heavy atom. The lowest BCUT2D eigenvalue weighted by atomic mass is 9.97. The molecule has 0 aliphatic carbocycles. The number of alkyl halides is 1. The number of hydrogen-bond donors (Lipinski definition) is 3. The summed E-state index contributed by atoms with van der Waals surface area (Å²) in [6.07, 6.45) is -3.41. The standard InChI is InChI=1S/C12H13F2N3O3.CH4O/c1-3-4-12(14)8(18)6(2)20-10(12)17-5-7(13)9(15)16-11(17)19;1-2/h5-6,8,10,18H,1-2H3,(H2,15,16,19);2H,1H3. The summed E-state index contributed by atoms with van der Waals surface area (Å²) in [6.45, 7) is 2.79. The van der Waals surface area contributed by atoms with Crippen LogP contribution in [0.5, 0.6) is 0 Å². The smallest absolute Gasteiger partial charge is 0.351 e. The molecule has 7 nitrogen and oxygen atoms in total. The monoisotopic (exact) mass is 317 g/mol. The van der Waals surface area contributed by atoms with Gasteiger partial charge in [0.05, 0.1) is 12.3 Å². The van der Waals surface area contributed by atoms with E-state index in [1.54, 1.807) is 0 Å². The van der Waals surface area contributed by atoms with Crippen LogP contribution in [0.4, 0.5) is 14.6 Å². The fraction of sp³-hybridized carbons (Fsp3) is 0.538. The van der Waals surface area contributed by atoms with Crippen molar-refractivity contribution >= 4 is 5.82 Å². The summed E-state index contributed by atoms with van der Waals surface area (Å²) in [5, 5.41) is 16.8. The Labute approximate surface area is 125 Å². The molecular weight excluding hydrogens is 300 g/mol. The van der Waals surface area contributed by atoms with Crippen molar-refractivity contribution < 1.29 is 23.7 Å². The van der Waals surface area contributed by atoms with Gasteiger partial charge in [-0.3, -0.25) is 4.57 Å².